The molecule has 0 atom stereocenters. The van der Waals surface area contributed by atoms with Crippen LogP contribution in [0.4, 0.5) is 5.69 Å². The van der Waals surface area contributed by atoms with Crippen molar-refractivity contribution in [2.75, 3.05) is 5.32 Å². The molecule has 0 saturated carbocycles. The molecule has 6 nitrogen and oxygen atoms in total. The highest BCUT2D eigenvalue weighted by atomic mass is 16.5. The van der Waals surface area contributed by atoms with Crippen LogP contribution in [0.15, 0.2) is 35.0 Å². The maximum atomic E-state index is 11.9. The lowest BCUT2D eigenvalue weighted by Crippen LogP contribution is -2.12. The largest absolute Gasteiger partial charge is 0.481 e. The van der Waals surface area contributed by atoms with Crippen LogP contribution < -0.4 is 5.32 Å². The molecule has 1 amide bonds. The fourth-order valence-electron chi connectivity index (χ4n) is 1.70. The number of anilines is 1. The number of carboxylic acids is 1. The lowest BCUT2D eigenvalue weighted by molar-refractivity contribution is -0.136. The van der Waals surface area contributed by atoms with E-state index in [0.29, 0.717) is 17.7 Å². The van der Waals surface area contributed by atoms with E-state index in [-0.39, 0.29) is 18.1 Å². The Bertz CT molecular complexity index is 616. The fraction of sp³-hybridized carbons (Fsp3) is 0.214. The van der Waals surface area contributed by atoms with Gasteiger partial charge in [-0.05, 0) is 31.0 Å². The van der Waals surface area contributed by atoms with Gasteiger partial charge >= 0.3 is 5.97 Å². The van der Waals surface area contributed by atoms with E-state index in [1.54, 1.807) is 31.2 Å². The number of benzene rings is 1. The van der Waals surface area contributed by atoms with Crippen molar-refractivity contribution in [2.45, 2.75) is 19.8 Å². The first-order chi connectivity index (χ1) is 9.56. The topological polar surface area (TPSA) is 92.4 Å². The van der Waals surface area contributed by atoms with Crippen molar-refractivity contribution in [1.29, 1.82) is 0 Å². The molecule has 1 heterocycles. The highest BCUT2D eigenvalue weighted by molar-refractivity contribution is 6.03. The van der Waals surface area contributed by atoms with Crippen LogP contribution in [0.3, 0.4) is 0 Å². The molecule has 0 unspecified atom stereocenters. The third kappa shape index (κ3) is 3.44. The Morgan fingerprint density at radius 1 is 1.30 bits per heavy atom. The number of nitrogens with zero attached hydrogens (tertiary/aromatic N) is 1. The van der Waals surface area contributed by atoms with Gasteiger partial charge in [0.15, 0.2) is 0 Å². The second-order valence-corrected chi connectivity index (χ2v) is 4.38. The summed E-state index contributed by atoms with van der Waals surface area (Å²) in [5, 5.41) is 14.8. The van der Waals surface area contributed by atoms with Gasteiger partial charge in [0.2, 0.25) is 5.76 Å². The van der Waals surface area contributed by atoms with Gasteiger partial charge in [-0.25, -0.2) is 0 Å². The normalized spacial score (nSPS) is 10.2. The van der Waals surface area contributed by atoms with Crippen molar-refractivity contribution < 1.29 is 19.2 Å². The predicted octanol–water partition coefficient (Wildman–Crippen LogP) is 2.25. The molecule has 6 heteroatoms. The van der Waals surface area contributed by atoms with Gasteiger partial charge in [-0.2, -0.15) is 0 Å². The summed E-state index contributed by atoms with van der Waals surface area (Å²) >= 11 is 0. The maximum absolute atomic E-state index is 11.9. The number of amides is 1. The van der Waals surface area contributed by atoms with Gasteiger partial charge in [0, 0.05) is 17.7 Å². The number of aliphatic carboxylic acids is 1. The van der Waals surface area contributed by atoms with E-state index in [1.807, 2.05) is 0 Å². The van der Waals surface area contributed by atoms with Gasteiger partial charge in [-0.15, -0.1) is 0 Å². The number of carbonyl (C=O) groups is 2. The van der Waals surface area contributed by atoms with Gasteiger partial charge in [0.1, 0.15) is 0 Å². The average Bonchev–Trinajstić information content (AvgIpc) is 2.84. The zero-order chi connectivity index (χ0) is 14.5. The van der Waals surface area contributed by atoms with Crippen molar-refractivity contribution in [3.63, 3.8) is 0 Å². The molecule has 20 heavy (non-hydrogen) atoms. The minimum absolute atomic E-state index is 0.0863. The number of nitrogens with one attached hydrogen (secondary N) is 1. The molecule has 0 aliphatic carbocycles. The molecule has 0 aliphatic rings. The minimum Gasteiger partial charge on any atom is -0.481 e. The Morgan fingerprint density at radius 2 is 2.00 bits per heavy atom. The number of carbonyl (C=O) groups excluding carboxylic acids is 1. The van der Waals surface area contributed by atoms with Crippen molar-refractivity contribution in [3.05, 3.63) is 47.3 Å². The van der Waals surface area contributed by atoms with Gasteiger partial charge in [0.05, 0.1) is 6.20 Å². The minimum atomic E-state index is -0.830. The molecule has 2 N–H and O–H groups in total. The van der Waals surface area contributed by atoms with Gasteiger partial charge in [-0.3, -0.25) is 9.59 Å². The molecule has 0 aliphatic heterocycles. The first-order valence-corrected chi connectivity index (χ1v) is 6.09. The maximum Gasteiger partial charge on any atom is 0.303 e. The molecule has 0 fully saturated rings. The summed E-state index contributed by atoms with van der Waals surface area (Å²) in [6, 6.07) is 7.01. The zero-order valence-electron chi connectivity index (χ0n) is 10.9. The first kappa shape index (κ1) is 13.8. The molecule has 0 radical (unpaired) electrons. The van der Waals surface area contributed by atoms with Crippen LogP contribution in [-0.2, 0) is 11.2 Å². The molecule has 0 spiro atoms. The summed E-state index contributed by atoms with van der Waals surface area (Å²) in [5.74, 6) is -1.01. The van der Waals surface area contributed by atoms with Gasteiger partial charge in [-0.1, -0.05) is 17.3 Å². The van der Waals surface area contributed by atoms with Crippen molar-refractivity contribution in [3.8, 4) is 0 Å². The number of aryl methyl sites for hydroxylation is 2. The second-order valence-electron chi connectivity index (χ2n) is 4.38. The van der Waals surface area contributed by atoms with Crippen LogP contribution in [0.5, 0.6) is 0 Å². The summed E-state index contributed by atoms with van der Waals surface area (Å²) in [4.78, 5) is 22.3. The summed E-state index contributed by atoms with van der Waals surface area (Å²) in [6.45, 7) is 1.74. The van der Waals surface area contributed by atoms with Crippen LogP contribution in [-0.4, -0.2) is 22.1 Å². The van der Waals surface area contributed by atoms with Crippen molar-refractivity contribution in [1.82, 2.24) is 5.16 Å². The fourth-order valence-corrected chi connectivity index (χ4v) is 1.70. The van der Waals surface area contributed by atoms with E-state index < -0.39 is 5.97 Å². The Morgan fingerprint density at radius 3 is 2.55 bits per heavy atom. The third-order valence-electron chi connectivity index (χ3n) is 2.79. The van der Waals surface area contributed by atoms with E-state index >= 15 is 0 Å². The van der Waals surface area contributed by atoms with Crippen LogP contribution >= 0.6 is 0 Å². The lowest BCUT2D eigenvalue weighted by atomic mass is 10.1. The molecule has 1 aromatic carbocycles. The van der Waals surface area contributed by atoms with Gasteiger partial charge < -0.3 is 14.9 Å². The highest BCUT2D eigenvalue weighted by Gasteiger charge is 2.14. The summed E-state index contributed by atoms with van der Waals surface area (Å²) in [5.41, 5.74) is 2.19. The van der Waals surface area contributed by atoms with Crippen LogP contribution in [0.2, 0.25) is 0 Å². The number of carboxylic acid groups (broad SMARTS) is 1. The molecular weight excluding hydrogens is 260 g/mol. The Balaban J connectivity index is 1.99. The summed E-state index contributed by atoms with van der Waals surface area (Å²) in [6.07, 6.45) is 2.03. The molecule has 2 rings (SSSR count). The number of hydrogen-bond donors (Lipinski definition) is 2. The zero-order valence-corrected chi connectivity index (χ0v) is 10.9. The summed E-state index contributed by atoms with van der Waals surface area (Å²) < 4.78 is 4.86. The van der Waals surface area contributed by atoms with Crippen LogP contribution in [0.25, 0.3) is 0 Å². The molecule has 0 bridgehead atoms. The Hall–Kier alpha value is -2.63. The summed E-state index contributed by atoms with van der Waals surface area (Å²) in [7, 11) is 0. The molecule has 1 aromatic heterocycles. The van der Waals surface area contributed by atoms with E-state index in [2.05, 4.69) is 10.5 Å². The van der Waals surface area contributed by atoms with Gasteiger partial charge in [0.25, 0.3) is 5.91 Å². The predicted molar refractivity (Wildman–Crippen MR) is 71.6 cm³/mol. The van der Waals surface area contributed by atoms with Crippen molar-refractivity contribution >= 4 is 17.6 Å². The van der Waals surface area contributed by atoms with E-state index in [9.17, 15) is 9.59 Å². The second kappa shape index (κ2) is 6.01. The van der Waals surface area contributed by atoms with E-state index in [0.717, 1.165) is 5.56 Å². The molecule has 2 aromatic rings. The number of hydrogen-bond acceptors (Lipinski definition) is 4. The first-order valence-electron chi connectivity index (χ1n) is 6.09. The molecular formula is C14H14N2O4. The van der Waals surface area contributed by atoms with E-state index in [4.69, 9.17) is 9.63 Å². The van der Waals surface area contributed by atoms with Crippen molar-refractivity contribution in [2.24, 2.45) is 0 Å². The third-order valence-corrected chi connectivity index (χ3v) is 2.79. The Kier molecular flexibility index (Phi) is 4.14. The molecule has 0 saturated heterocycles. The standard InChI is InChI=1S/C14H14N2O4/c1-9-8-15-20-13(9)14(19)16-11-5-2-10(3-6-11)4-7-12(17)18/h2-3,5-6,8H,4,7H2,1H3,(H,16,19)(H,17,18). The van der Waals surface area contributed by atoms with Crippen LogP contribution in [0.1, 0.15) is 28.1 Å². The van der Waals surface area contributed by atoms with Crippen LogP contribution in [0, 0.1) is 6.92 Å². The Labute approximate surface area is 115 Å². The average molecular weight is 274 g/mol. The SMILES string of the molecule is Cc1cnoc1C(=O)Nc1ccc(CCC(=O)O)cc1. The quantitative estimate of drug-likeness (QED) is 0.872. The lowest BCUT2D eigenvalue weighted by Gasteiger charge is -2.04. The highest BCUT2D eigenvalue weighted by Crippen LogP contribution is 2.14. The number of aromatic nitrogens is 1. The monoisotopic (exact) mass is 274 g/mol. The smallest absolute Gasteiger partial charge is 0.303 e. The molecule has 104 valence electrons. The number of rotatable bonds is 5. The van der Waals surface area contributed by atoms with E-state index in [1.165, 1.54) is 6.20 Å².